The number of fused-ring (bicyclic) bond motifs is 1. The molecule has 1 atom stereocenters. The number of aromatic nitrogens is 3. The van der Waals surface area contributed by atoms with Crippen LogP contribution in [-0.2, 0) is 22.7 Å². The number of amides is 2. The Morgan fingerprint density at radius 3 is 2.50 bits per heavy atom. The van der Waals surface area contributed by atoms with Gasteiger partial charge in [-0.2, -0.15) is 0 Å². The van der Waals surface area contributed by atoms with Gasteiger partial charge in [-0.15, -0.1) is 16.4 Å². The van der Waals surface area contributed by atoms with Crippen LogP contribution in [0.4, 0.5) is 5.69 Å². The summed E-state index contributed by atoms with van der Waals surface area (Å²) in [6, 6.07) is 26.4. The summed E-state index contributed by atoms with van der Waals surface area (Å²) in [5.41, 5.74) is 3.21. The number of hydrogen-bond donors (Lipinski definition) is 1. The molecule has 1 N–H and O–H groups in total. The number of Topliss-reactive ketones (excluding diaryl/α,β-unsaturated/α-hetero) is 1. The zero-order valence-corrected chi connectivity index (χ0v) is 21.5. The summed E-state index contributed by atoms with van der Waals surface area (Å²) in [5, 5.41) is 13.2. The van der Waals surface area contributed by atoms with Crippen LogP contribution in [0.3, 0.4) is 0 Å². The highest BCUT2D eigenvalue weighted by Gasteiger charge is 2.34. The molecule has 0 saturated carbocycles. The molecule has 3 aromatic carbocycles. The molecule has 1 unspecified atom stereocenters. The van der Waals surface area contributed by atoms with Gasteiger partial charge in [0, 0.05) is 22.7 Å². The maximum Gasteiger partial charge on any atom is 0.249 e. The summed E-state index contributed by atoms with van der Waals surface area (Å²) in [6.07, 6.45) is 0. The first kappa shape index (κ1) is 25.0. The van der Waals surface area contributed by atoms with Gasteiger partial charge >= 0.3 is 0 Å². The maximum atomic E-state index is 14.0. The summed E-state index contributed by atoms with van der Waals surface area (Å²) in [7, 11) is 0. The first-order valence-electron chi connectivity index (χ1n) is 12.1. The van der Waals surface area contributed by atoms with E-state index in [0.29, 0.717) is 33.7 Å². The molecule has 2 amide bonds. The highest BCUT2D eigenvalue weighted by Crippen LogP contribution is 2.32. The van der Waals surface area contributed by atoms with Crippen molar-refractivity contribution in [3.8, 4) is 0 Å². The highest BCUT2D eigenvalue weighted by molar-refractivity contribution is 7.10. The van der Waals surface area contributed by atoms with Crippen molar-refractivity contribution in [3.63, 3.8) is 0 Å². The lowest BCUT2D eigenvalue weighted by molar-refractivity contribution is -0.127. The standard InChI is InChI=1S/C29H25N5O3S/c1-20(35)22-11-7-12-23(17-22)34(27(36)19-33-25-14-6-5-13-24(25)31-32-33)28(26-15-8-16-38-26)29(37)30-18-21-9-3-2-4-10-21/h2-17,28H,18-19H2,1H3,(H,30,37). The van der Waals surface area contributed by atoms with Gasteiger partial charge in [0.2, 0.25) is 11.8 Å². The van der Waals surface area contributed by atoms with Crippen LogP contribution in [0.5, 0.6) is 0 Å². The number of thiophene rings is 1. The number of nitrogens with zero attached hydrogens (tertiary/aromatic N) is 4. The number of hydrogen-bond acceptors (Lipinski definition) is 6. The van der Waals surface area contributed by atoms with Crippen molar-refractivity contribution in [2.75, 3.05) is 4.90 Å². The number of carbonyl (C=O) groups excluding carboxylic acids is 3. The van der Waals surface area contributed by atoms with Crippen molar-refractivity contribution >= 4 is 45.7 Å². The lowest BCUT2D eigenvalue weighted by Crippen LogP contribution is -2.45. The molecule has 5 rings (SSSR count). The average Bonchev–Trinajstić information content (AvgIpc) is 3.61. The summed E-state index contributed by atoms with van der Waals surface area (Å²) in [5.74, 6) is -0.835. The molecule has 0 spiro atoms. The molecule has 0 aliphatic rings. The van der Waals surface area contributed by atoms with Gasteiger partial charge in [-0.1, -0.05) is 65.9 Å². The summed E-state index contributed by atoms with van der Waals surface area (Å²) in [6.45, 7) is 1.64. The van der Waals surface area contributed by atoms with E-state index in [9.17, 15) is 14.4 Å². The topological polar surface area (TPSA) is 97.2 Å². The Labute approximate surface area is 223 Å². The molecule has 0 aliphatic heterocycles. The lowest BCUT2D eigenvalue weighted by Gasteiger charge is -2.31. The van der Waals surface area contributed by atoms with Crippen LogP contribution >= 0.6 is 11.3 Å². The molecule has 0 radical (unpaired) electrons. The zero-order valence-electron chi connectivity index (χ0n) is 20.7. The van der Waals surface area contributed by atoms with Crippen molar-refractivity contribution in [1.29, 1.82) is 0 Å². The van der Waals surface area contributed by atoms with Crippen LogP contribution in [0.25, 0.3) is 11.0 Å². The second kappa shape index (κ2) is 11.2. The quantitative estimate of drug-likeness (QED) is 0.280. The molecule has 0 fully saturated rings. The number of rotatable bonds is 9. The predicted molar refractivity (Wildman–Crippen MR) is 147 cm³/mol. The second-order valence-electron chi connectivity index (χ2n) is 8.73. The van der Waals surface area contributed by atoms with Gasteiger partial charge < -0.3 is 5.32 Å². The molecule has 8 nitrogen and oxygen atoms in total. The highest BCUT2D eigenvalue weighted by atomic mass is 32.1. The van der Waals surface area contributed by atoms with E-state index in [0.717, 1.165) is 5.56 Å². The summed E-state index contributed by atoms with van der Waals surface area (Å²) >= 11 is 1.39. The first-order valence-corrected chi connectivity index (χ1v) is 13.0. The van der Waals surface area contributed by atoms with Crippen molar-refractivity contribution in [1.82, 2.24) is 20.3 Å². The average molecular weight is 524 g/mol. The lowest BCUT2D eigenvalue weighted by atomic mass is 10.1. The molecular weight excluding hydrogens is 498 g/mol. The Morgan fingerprint density at radius 1 is 0.947 bits per heavy atom. The third-order valence-electron chi connectivity index (χ3n) is 6.13. The molecular formula is C29H25N5O3S. The van der Waals surface area contributed by atoms with Crippen LogP contribution in [0.2, 0.25) is 0 Å². The molecule has 9 heteroatoms. The minimum absolute atomic E-state index is 0.136. The fraction of sp³-hybridized carbons (Fsp3) is 0.138. The third-order valence-corrected chi connectivity index (χ3v) is 7.06. The second-order valence-corrected chi connectivity index (χ2v) is 9.71. The number of anilines is 1. The third kappa shape index (κ3) is 5.37. The minimum Gasteiger partial charge on any atom is -0.350 e. The van der Waals surface area contributed by atoms with E-state index in [1.165, 1.54) is 27.8 Å². The monoisotopic (exact) mass is 523 g/mol. The van der Waals surface area contributed by atoms with E-state index in [1.54, 1.807) is 24.3 Å². The molecule has 2 aromatic heterocycles. The number of nitrogens with one attached hydrogen (secondary N) is 1. The van der Waals surface area contributed by atoms with Gasteiger partial charge in [-0.05, 0) is 48.2 Å². The number of para-hydroxylation sites is 1. The molecule has 0 aliphatic carbocycles. The van der Waals surface area contributed by atoms with E-state index in [4.69, 9.17) is 0 Å². The Kier molecular flexibility index (Phi) is 7.37. The van der Waals surface area contributed by atoms with Crippen LogP contribution in [0.15, 0.2) is 96.4 Å². The van der Waals surface area contributed by atoms with Crippen molar-refractivity contribution in [3.05, 3.63) is 112 Å². The Hall–Kier alpha value is -4.63. The number of benzene rings is 3. The van der Waals surface area contributed by atoms with Gasteiger partial charge in [-0.3, -0.25) is 19.3 Å². The van der Waals surface area contributed by atoms with Gasteiger partial charge in [0.25, 0.3) is 0 Å². The maximum absolute atomic E-state index is 14.0. The van der Waals surface area contributed by atoms with E-state index in [-0.39, 0.29) is 24.1 Å². The van der Waals surface area contributed by atoms with E-state index in [2.05, 4.69) is 15.6 Å². The van der Waals surface area contributed by atoms with Gasteiger partial charge in [0.1, 0.15) is 18.1 Å². The molecule has 0 saturated heterocycles. The van der Waals surface area contributed by atoms with E-state index < -0.39 is 6.04 Å². The summed E-state index contributed by atoms with van der Waals surface area (Å²) in [4.78, 5) is 42.1. The molecule has 5 aromatic rings. The molecule has 190 valence electrons. The van der Waals surface area contributed by atoms with Gasteiger partial charge in [0.15, 0.2) is 5.78 Å². The zero-order chi connectivity index (χ0) is 26.5. The SMILES string of the molecule is CC(=O)c1cccc(N(C(=O)Cn2nnc3ccccc32)C(C(=O)NCc2ccccc2)c2cccs2)c1. The fourth-order valence-corrected chi connectivity index (χ4v) is 5.07. The van der Waals surface area contributed by atoms with Crippen LogP contribution in [0, 0.1) is 0 Å². The van der Waals surface area contributed by atoms with Gasteiger partial charge in [-0.25, -0.2) is 4.68 Å². The van der Waals surface area contributed by atoms with Crippen LogP contribution in [0.1, 0.15) is 33.8 Å². The summed E-state index contributed by atoms with van der Waals surface area (Å²) < 4.78 is 1.52. The minimum atomic E-state index is -0.955. The van der Waals surface area contributed by atoms with Gasteiger partial charge in [0.05, 0.1) is 5.52 Å². The predicted octanol–water partition coefficient (Wildman–Crippen LogP) is 4.79. The smallest absolute Gasteiger partial charge is 0.249 e. The Balaban J connectivity index is 1.55. The first-order chi connectivity index (χ1) is 18.5. The van der Waals surface area contributed by atoms with Crippen molar-refractivity contribution < 1.29 is 14.4 Å². The van der Waals surface area contributed by atoms with Crippen molar-refractivity contribution in [2.45, 2.75) is 26.1 Å². The number of carbonyl (C=O) groups is 3. The fourth-order valence-electron chi connectivity index (χ4n) is 4.25. The van der Waals surface area contributed by atoms with Crippen molar-refractivity contribution in [2.24, 2.45) is 0 Å². The van der Waals surface area contributed by atoms with Crippen LogP contribution < -0.4 is 10.2 Å². The molecule has 0 bridgehead atoms. The van der Waals surface area contributed by atoms with E-state index in [1.807, 2.05) is 72.1 Å². The largest absolute Gasteiger partial charge is 0.350 e. The Morgan fingerprint density at radius 2 is 1.74 bits per heavy atom. The number of ketones is 1. The Bertz CT molecular complexity index is 1580. The van der Waals surface area contributed by atoms with Crippen LogP contribution in [-0.4, -0.2) is 32.6 Å². The van der Waals surface area contributed by atoms with E-state index >= 15 is 0 Å². The molecule has 38 heavy (non-hydrogen) atoms. The normalized spacial score (nSPS) is 11.7. The molecule has 2 heterocycles.